The van der Waals surface area contributed by atoms with E-state index in [2.05, 4.69) is 10.6 Å². The second-order valence-corrected chi connectivity index (χ2v) is 7.33. The summed E-state index contributed by atoms with van der Waals surface area (Å²) in [5, 5.41) is 5.28. The lowest BCUT2D eigenvalue weighted by molar-refractivity contribution is -0.136. The lowest BCUT2D eigenvalue weighted by atomic mass is 10.0. The molecule has 0 saturated carbocycles. The molecule has 3 aromatic rings. The van der Waals surface area contributed by atoms with Gasteiger partial charge in [0.15, 0.2) is 5.76 Å². The van der Waals surface area contributed by atoms with Gasteiger partial charge in [0.2, 0.25) is 0 Å². The summed E-state index contributed by atoms with van der Waals surface area (Å²) in [6.07, 6.45) is 3.71. The quantitative estimate of drug-likeness (QED) is 0.624. The topological polar surface area (TPSA) is 91.7 Å². The maximum atomic E-state index is 12.7. The normalized spacial score (nSPS) is 12.7. The van der Waals surface area contributed by atoms with E-state index in [4.69, 9.17) is 4.42 Å². The summed E-state index contributed by atoms with van der Waals surface area (Å²) in [7, 11) is 0. The molecular formula is C24H23N3O4. The molecule has 31 heavy (non-hydrogen) atoms. The summed E-state index contributed by atoms with van der Waals surface area (Å²) < 4.78 is 5.23. The third-order valence-corrected chi connectivity index (χ3v) is 5.18. The van der Waals surface area contributed by atoms with Crippen molar-refractivity contribution < 1.29 is 18.8 Å². The van der Waals surface area contributed by atoms with Crippen molar-refractivity contribution in [3.05, 3.63) is 83.8 Å². The second-order valence-electron chi connectivity index (χ2n) is 7.33. The molecule has 0 radical (unpaired) electrons. The third-order valence-electron chi connectivity index (χ3n) is 5.18. The van der Waals surface area contributed by atoms with Crippen LogP contribution in [-0.4, -0.2) is 30.8 Å². The zero-order chi connectivity index (χ0) is 21.6. The summed E-state index contributed by atoms with van der Waals surface area (Å²) in [5.74, 6) is -1.30. The van der Waals surface area contributed by atoms with E-state index >= 15 is 0 Å². The van der Waals surface area contributed by atoms with Crippen molar-refractivity contribution in [2.45, 2.75) is 19.3 Å². The number of carbonyl (C=O) groups is 3. The van der Waals surface area contributed by atoms with Gasteiger partial charge in [0.05, 0.1) is 6.26 Å². The predicted octanol–water partition coefficient (Wildman–Crippen LogP) is 3.17. The minimum absolute atomic E-state index is 0.194. The average molecular weight is 417 g/mol. The number of benzene rings is 2. The van der Waals surface area contributed by atoms with Crippen LogP contribution in [-0.2, 0) is 22.4 Å². The van der Waals surface area contributed by atoms with Crippen LogP contribution in [0.1, 0.15) is 28.1 Å². The number of carbonyl (C=O) groups excluding carboxylic acids is 3. The highest BCUT2D eigenvalue weighted by Crippen LogP contribution is 2.31. The zero-order valence-electron chi connectivity index (χ0n) is 17.0. The van der Waals surface area contributed by atoms with E-state index in [1.165, 1.54) is 6.26 Å². The SMILES string of the molecule is O=C(NCCc1ccccc1)C(=O)Nc1ccc2c(c1)CCCN2C(=O)c1ccco1. The van der Waals surface area contributed by atoms with Gasteiger partial charge in [-0.25, -0.2) is 0 Å². The fraction of sp³-hybridized carbons (Fsp3) is 0.208. The molecule has 0 atom stereocenters. The number of aryl methyl sites for hydroxylation is 1. The molecule has 0 bridgehead atoms. The van der Waals surface area contributed by atoms with Gasteiger partial charge in [-0.05, 0) is 60.7 Å². The van der Waals surface area contributed by atoms with Crippen LogP contribution in [0.5, 0.6) is 0 Å². The van der Waals surface area contributed by atoms with Gasteiger partial charge < -0.3 is 20.0 Å². The summed E-state index contributed by atoms with van der Waals surface area (Å²) in [6, 6.07) is 18.4. The largest absolute Gasteiger partial charge is 0.459 e. The van der Waals surface area contributed by atoms with Crippen molar-refractivity contribution in [1.82, 2.24) is 5.32 Å². The first-order valence-corrected chi connectivity index (χ1v) is 10.2. The van der Waals surface area contributed by atoms with Gasteiger partial charge in [0, 0.05) is 24.5 Å². The highest BCUT2D eigenvalue weighted by atomic mass is 16.3. The number of nitrogens with zero attached hydrogens (tertiary/aromatic N) is 1. The third kappa shape index (κ3) is 4.83. The van der Waals surface area contributed by atoms with E-state index in [-0.39, 0.29) is 11.7 Å². The van der Waals surface area contributed by atoms with Crippen molar-refractivity contribution >= 4 is 29.1 Å². The van der Waals surface area contributed by atoms with Gasteiger partial charge in [-0.15, -0.1) is 0 Å². The van der Waals surface area contributed by atoms with Gasteiger partial charge >= 0.3 is 11.8 Å². The molecular weight excluding hydrogens is 394 g/mol. The van der Waals surface area contributed by atoms with Crippen LogP contribution < -0.4 is 15.5 Å². The Morgan fingerprint density at radius 2 is 1.81 bits per heavy atom. The molecule has 1 aromatic heterocycles. The van der Waals surface area contributed by atoms with E-state index < -0.39 is 11.8 Å². The molecule has 2 heterocycles. The Hall–Kier alpha value is -3.87. The Labute approximate surface area is 180 Å². The number of nitrogens with one attached hydrogen (secondary N) is 2. The zero-order valence-corrected chi connectivity index (χ0v) is 17.0. The van der Waals surface area contributed by atoms with Gasteiger partial charge in [0.25, 0.3) is 5.91 Å². The van der Waals surface area contributed by atoms with Crippen molar-refractivity contribution in [1.29, 1.82) is 0 Å². The molecule has 2 aromatic carbocycles. The first kappa shape index (κ1) is 20.4. The van der Waals surface area contributed by atoms with Crippen LogP contribution in [0.15, 0.2) is 71.3 Å². The first-order valence-electron chi connectivity index (χ1n) is 10.2. The highest BCUT2D eigenvalue weighted by Gasteiger charge is 2.25. The Kier molecular flexibility index (Phi) is 6.12. The van der Waals surface area contributed by atoms with Crippen molar-refractivity contribution in [3.63, 3.8) is 0 Å². The van der Waals surface area contributed by atoms with Crippen molar-refractivity contribution in [2.75, 3.05) is 23.3 Å². The van der Waals surface area contributed by atoms with Crippen LogP contribution >= 0.6 is 0 Å². The molecule has 0 unspecified atom stereocenters. The number of hydrogen-bond donors (Lipinski definition) is 2. The number of fused-ring (bicyclic) bond motifs is 1. The lowest BCUT2D eigenvalue weighted by Gasteiger charge is -2.29. The van der Waals surface area contributed by atoms with Crippen molar-refractivity contribution in [3.8, 4) is 0 Å². The summed E-state index contributed by atoms with van der Waals surface area (Å²) in [4.78, 5) is 38.7. The average Bonchev–Trinajstić information content (AvgIpc) is 3.33. The standard InChI is InChI=1S/C24H23N3O4/c28-22(25-13-12-17-6-2-1-3-7-17)23(29)26-19-10-11-20-18(16-19)8-4-14-27(20)24(30)21-9-5-15-31-21/h1-3,5-7,9-11,15-16H,4,8,12-14H2,(H,25,28)(H,26,29). The molecule has 0 fully saturated rings. The Bertz CT molecular complexity index is 1080. The summed E-state index contributed by atoms with van der Waals surface area (Å²) in [6.45, 7) is 0.979. The van der Waals surface area contributed by atoms with Gasteiger partial charge in [0.1, 0.15) is 0 Å². The lowest BCUT2D eigenvalue weighted by Crippen LogP contribution is -2.37. The highest BCUT2D eigenvalue weighted by molar-refractivity contribution is 6.39. The molecule has 7 heteroatoms. The molecule has 0 saturated heterocycles. The minimum atomic E-state index is -0.715. The molecule has 1 aliphatic heterocycles. The van der Waals surface area contributed by atoms with E-state index in [1.807, 2.05) is 36.4 Å². The van der Waals surface area contributed by atoms with Gasteiger partial charge in [-0.1, -0.05) is 30.3 Å². The predicted molar refractivity (Wildman–Crippen MR) is 117 cm³/mol. The Morgan fingerprint density at radius 3 is 2.58 bits per heavy atom. The second kappa shape index (κ2) is 9.30. The van der Waals surface area contributed by atoms with E-state index in [0.717, 1.165) is 29.7 Å². The van der Waals surface area contributed by atoms with Crippen LogP contribution in [0.3, 0.4) is 0 Å². The van der Waals surface area contributed by atoms with Crippen LogP contribution in [0.2, 0.25) is 0 Å². The Morgan fingerprint density at radius 1 is 0.968 bits per heavy atom. The van der Waals surface area contributed by atoms with Crippen LogP contribution in [0, 0.1) is 0 Å². The number of furan rings is 1. The minimum Gasteiger partial charge on any atom is -0.459 e. The molecule has 0 spiro atoms. The molecule has 4 rings (SSSR count). The summed E-state index contributed by atoms with van der Waals surface area (Å²) in [5.41, 5.74) is 3.34. The fourth-order valence-corrected chi connectivity index (χ4v) is 3.65. The summed E-state index contributed by atoms with van der Waals surface area (Å²) >= 11 is 0. The van der Waals surface area contributed by atoms with Crippen LogP contribution in [0.25, 0.3) is 0 Å². The molecule has 158 valence electrons. The van der Waals surface area contributed by atoms with E-state index in [9.17, 15) is 14.4 Å². The van der Waals surface area contributed by atoms with Gasteiger partial charge in [-0.3, -0.25) is 14.4 Å². The number of rotatable bonds is 5. The maximum absolute atomic E-state index is 12.7. The molecule has 2 N–H and O–H groups in total. The molecule has 0 aliphatic carbocycles. The first-order chi connectivity index (χ1) is 15.1. The number of hydrogen-bond acceptors (Lipinski definition) is 4. The Balaban J connectivity index is 1.36. The van der Waals surface area contributed by atoms with E-state index in [0.29, 0.717) is 25.2 Å². The van der Waals surface area contributed by atoms with Crippen molar-refractivity contribution in [2.24, 2.45) is 0 Å². The van der Waals surface area contributed by atoms with E-state index in [1.54, 1.807) is 29.2 Å². The fourth-order valence-electron chi connectivity index (χ4n) is 3.65. The van der Waals surface area contributed by atoms with Crippen LogP contribution in [0.4, 0.5) is 11.4 Å². The molecule has 3 amide bonds. The number of anilines is 2. The maximum Gasteiger partial charge on any atom is 0.313 e. The molecule has 7 nitrogen and oxygen atoms in total. The van der Waals surface area contributed by atoms with Gasteiger partial charge in [-0.2, -0.15) is 0 Å². The smallest absolute Gasteiger partial charge is 0.313 e. The number of amides is 3. The molecule has 1 aliphatic rings. The monoisotopic (exact) mass is 417 g/mol.